The smallest absolute Gasteiger partial charge is 0.396 e. The molecule has 0 aliphatic heterocycles. The van der Waals surface area contributed by atoms with E-state index >= 15 is 0 Å². The first-order valence-electron chi connectivity index (χ1n) is 3.77. The topological polar surface area (TPSA) is 65.3 Å². The van der Waals surface area contributed by atoms with Gasteiger partial charge < -0.3 is 4.74 Å². The highest BCUT2D eigenvalue weighted by atomic mass is 127. The highest BCUT2D eigenvalue weighted by Crippen LogP contribution is 2.36. The van der Waals surface area contributed by atoms with Gasteiger partial charge in [0.15, 0.2) is 3.70 Å². The number of aryl methyl sites for hydroxylation is 1. The predicted molar refractivity (Wildman–Crippen MR) is 55.0 cm³/mol. The van der Waals surface area contributed by atoms with Gasteiger partial charge in [0.2, 0.25) is 5.75 Å². The van der Waals surface area contributed by atoms with Gasteiger partial charge in [-0.25, -0.2) is 4.98 Å². The van der Waals surface area contributed by atoms with Crippen molar-refractivity contribution in [1.29, 1.82) is 0 Å². The Morgan fingerprint density at radius 2 is 2.12 bits per heavy atom. The summed E-state index contributed by atoms with van der Waals surface area (Å²) in [6, 6.07) is 0. The van der Waals surface area contributed by atoms with E-state index in [1.165, 1.54) is 29.5 Å². The van der Waals surface area contributed by atoms with Crippen LogP contribution in [-0.2, 0) is 0 Å². The molecule has 1 heterocycles. The average molecular weight is 348 g/mol. The van der Waals surface area contributed by atoms with Crippen LogP contribution in [0, 0.1) is 20.7 Å². The van der Waals surface area contributed by atoms with Gasteiger partial charge in [0.25, 0.3) is 0 Å². The van der Waals surface area contributed by atoms with Crippen molar-refractivity contribution in [3.63, 3.8) is 0 Å². The second kappa shape index (κ2) is 4.39. The Bertz CT molecular complexity index is 436. The Labute approximate surface area is 101 Å². The molecule has 16 heavy (non-hydrogen) atoms. The monoisotopic (exact) mass is 348 g/mol. The number of halogens is 4. The van der Waals surface area contributed by atoms with Crippen LogP contribution in [0.15, 0.2) is 6.20 Å². The highest BCUT2D eigenvalue weighted by Gasteiger charge is 2.36. The summed E-state index contributed by atoms with van der Waals surface area (Å²) in [7, 11) is 0. The van der Waals surface area contributed by atoms with E-state index in [1.807, 2.05) is 0 Å². The summed E-state index contributed by atoms with van der Waals surface area (Å²) in [5.74, 6) is -0.877. The molecule has 0 unspecified atom stereocenters. The van der Waals surface area contributed by atoms with Crippen molar-refractivity contribution in [2.75, 3.05) is 0 Å². The molecule has 9 heteroatoms. The van der Waals surface area contributed by atoms with Gasteiger partial charge in [-0.2, -0.15) is 0 Å². The summed E-state index contributed by atoms with van der Waals surface area (Å²) in [6.45, 7) is 1.28. The summed E-state index contributed by atoms with van der Waals surface area (Å²) in [5, 5.41) is 10.6. The summed E-state index contributed by atoms with van der Waals surface area (Å²) >= 11 is 1.44. The minimum Gasteiger partial charge on any atom is -0.396 e. The van der Waals surface area contributed by atoms with Crippen molar-refractivity contribution in [3.05, 3.63) is 25.6 Å². The standard InChI is InChI=1S/C7H4F3IN2O3/c1-3-2-12-6(11)5(4(3)13(14)15)16-7(8,9)10/h2H,1H3. The van der Waals surface area contributed by atoms with E-state index in [-0.39, 0.29) is 9.26 Å². The number of aromatic nitrogens is 1. The molecular weight excluding hydrogens is 344 g/mol. The summed E-state index contributed by atoms with van der Waals surface area (Å²) < 4.78 is 39.4. The van der Waals surface area contributed by atoms with E-state index in [4.69, 9.17) is 0 Å². The van der Waals surface area contributed by atoms with E-state index in [0.29, 0.717) is 0 Å². The zero-order valence-corrected chi connectivity index (χ0v) is 9.87. The second-order valence-electron chi connectivity index (χ2n) is 2.71. The lowest BCUT2D eigenvalue weighted by Gasteiger charge is -2.10. The zero-order chi connectivity index (χ0) is 12.5. The van der Waals surface area contributed by atoms with Crippen molar-refractivity contribution < 1.29 is 22.8 Å². The average Bonchev–Trinajstić information content (AvgIpc) is 2.08. The van der Waals surface area contributed by atoms with Gasteiger partial charge in [-0.3, -0.25) is 10.1 Å². The molecule has 1 rings (SSSR count). The quantitative estimate of drug-likeness (QED) is 0.357. The molecule has 0 atom stereocenters. The predicted octanol–water partition coefficient (Wildman–Crippen LogP) is 2.80. The molecule has 0 aliphatic carbocycles. The van der Waals surface area contributed by atoms with Gasteiger partial charge in [0.1, 0.15) is 0 Å². The van der Waals surface area contributed by atoms with E-state index in [9.17, 15) is 23.3 Å². The van der Waals surface area contributed by atoms with Crippen LogP contribution < -0.4 is 4.74 Å². The fourth-order valence-corrected chi connectivity index (χ4v) is 1.49. The Balaban J connectivity index is 3.35. The highest BCUT2D eigenvalue weighted by molar-refractivity contribution is 14.1. The Hall–Kier alpha value is -1.13. The van der Waals surface area contributed by atoms with Crippen molar-refractivity contribution in [2.24, 2.45) is 0 Å². The molecular formula is C7H4F3IN2O3. The van der Waals surface area contributed by atoms with Crippen LogP contribution in [-0.4, -0.2) is 16.3 Å². The molecule has 0 aliphatic rings. The number of nitro groups is 1. The van der Waals surface area contributed by atoms with Crippen LogP contribution in [0.3, 0.4) is 0 Å². The molecule has 0 saturated carbocycles. The molecule has 0 amide bonds. The number of ether oxygens (including phenoxy) is 1. The van der Waals surface area contributed by atoms with E-state index in [2.05, 4.69) is 9.72 Å². The third-order valence-corrected chi connectivity index (χ3v) is 2.32. The number of rotatable bonds is 2. The summed E-state index contributed by atoms with van der Waals surface area (Å²) in [6.07, 6.45) is -3.87. The first kappa shape index (κ1) is 12.9. The van der Waals surface area contributed by atoms with E-state index in [1.54, 1.807) is 0 Å². The number of pyridine rings is 1. The molecule has 0 fully saturated rings. The third kappa shape index (κ3) is 2.93. The van der Waals surface area contributed by atoms with E-state index < -0.39 is 22.7 Å². The van der Waals surface area contributed by atoms with Crippen molar-refractivity contribution in [3.8, 4) is 5.75 Å². The first-order chi connectivity index (χ1) is 7.22. The van der Waals surface area contributed by atoms with Crippen molar-refractivity contribution >= 4 is 28.3 Å². The van der Waals surface area contributed by atoms with Gasteiger partial charge in [0, 0.05) is 11.8 Å². The van der Waals surface area contributed by atoms with Crippen LogP contribution in [0.1, 0.15) is 5.56 Å². The second-order valence-corrected chi connectivity index (χ2v) is 3.74. The number of hydrogen-bond acceptors (Lipinski definition) is 4. The minimum absolute atomic E-state index is 0.00432. The van der Waals surface area contributed by atoms with Gasteiger partial charge in [0.05, 0.1) is 4.92 Å². The van der Waals surface area contributed by atoms with Gasteiger partial charge in [-0.15, -0.1) is 13.2 Å². The molecule has 88 valence electrons. The first-order valence-corrected chi connectivity index (χ1v) is 4.85. The molecule has 5 nitrogen and oxygen atoms in total. The van der Waals surface area contributed by atoms with Gasteiger partial charge >= 0.3 is 12.0 Å². The summed E-state index contributed by atoms with van der Waals surface area (Å²) in [4.78, 5) is 13.2. The van der Waals surface area contributed by atoms with Crippen LogP contribution in [0.4, 0.5) is 18.9 Å². The largest absolute Gasteiger partial charge is 0.573 e. The molecule has 1 aromatic heterocycles. The zero-order valence-electron chi connectivity index (χ0n) is 7.71. The maximum absolute atomic E-state index is 12.0. The van der Waals surface area contributed by atoms with Crippen LogP contribution in [0.25, 0.3) is 0 Å². The molecule has 0 radical (unpaired) electrons. The molecule has 0 bridgehead atoms. The molecule has 0 spiro atoms. The Morgan fingerprint density at radius 1 is 1.56 bits per heavy atom. The molecule has 0 saturated heterocycles. The molecule has 0 aromatic carbocycles. The normalized spacial score (nSPS) is 11.3. The number of hydrogen-bond donors (Lipinski definition) is 0. The van der Waals surface area contributed by atoms with E-state index in [0.717, 1.165) is 6.20 Å². The van der Waals surface area contributed by atoms with Gasteiger partial charge in [-0.1, -0.05) is 0 Å². The number of alkyl halides is 3. The van der Waals surface area contributed by atoms with Gasteiger partial charge in [-0.05, 0) is 29.5 Å². The van der Waals surface area contributed by atoms with Crippen LogP contribution in [0.5, 0.6) is 5.75 Å². The van der Waals surface area contributed by atoms with Crippen LogP contribution >= 0.6 is 22.6 Å². The lowest BCUT2D eigenvalue weighted by molar-refractivity contribution is -0.389. The lowest BCUT2D eigenvalue weighted by Crippen LogP contribution is -2.19. The third-order valence-electron chi connectivity index (χ3n) is 1.55. The minimum atomic E-state index is -4.99. The fraction of sp³-hybridized carbons (Fsp3) is 0.286. The maximum atomic E-state index is 12.0. The van der Waals surface area contributed by atoms with Crippen molar-refractivity contribution in [2.45, 2.75) is 13.3 Å². The number of nitrogens with zero attached hydrogens (tertiary/aromatic N) is 2. The summed E-state index contributed by atoms with van der Waals surface area (Å²) in [5.41, 5.74) is -0.721. The maximum Gasteiger partial charge on any atom is 0.573 e. The molecule has 1 aromatic rings. The Morgan fingerprint density at radius 3 is 2.56 bits per heavy atom. The fourth-order valence-electron chi connectivity index (χ4n) is 0.983. The lowest BCUT2D eigenvalue weighted by atomic mass is 10.2. The molecule has 0 N–H and O–H groups in total. The van der Waals surface area contributed by atoms with Crippen LogP contribution in [0.2, 0.25) is 0 Å². The Kier molecular flexibility index (Phi) is 3.55. The SMILES string of the molecule is Cc1cnc(I)c(OC(F)(F)F)c1[N+](=O)[O-]. The van der Waals surface area contributed by atoms with Crippen molar-refractivity contribution in [1.82, 2.24) is 4.98 Å².